The van der Waals surface area contributed by atoms with Gasteiger partial charge in [-0.25, -0.2) is 4.79 Å². The Hall–Kier alpha value is -3.01. The molecule has 2 aliphatic rings. The summed E-state index contributed by atoms with van der Waals surface area (Å²) in [4.78, 5) is 17.3. The molecule has 2 amide bonds. The molecule has 0 aromatic heterocycles. The minimum Gasteiger partial charge on any atom is -0.370 e. The summed E-state index contributed by atoms with van der Waals surface area (Å²) in [6, 6.07) is 13.6. The van der Waals surface area contributed by atoms with Gasteiger partial charge in [-0.2, -0.15) is 0 Å². The number of urea groups is 1. The summed E-state index contributed by atoms with van der Waals surface area (Å²) >= 11 is 0. The number of hydrogen-bond donors (Lipinski definition) is 1. The third-order valence-corrected chi connectivity index (χ3v) is 3.90. The van der Waals surface area contributed by atoms with Crippen molar-refractivity contribution in [2.45, 2.75) is 6.42 Å². The zero-order chi connectivity index (χ0) is 15.1. The Balaban J connectivity index is 1.91. The number of amides is 2. The standard InChI is InChI=1S/C18H14N2O2/c19-18(21)20-17(15-7-3-4-8-16(15)22-20)14-10-9-12-5-1-2-6-13(12)11-14/h1-6,8-11H,7H2,(H2,19,21). The predicted molar refractivity (Wildman–Crippen MR) is 85.2 cm³/mol. The highest BCUT2D eigenvalue weighted by atomic mass is 16.7. The summed E-state index contributed by atoms with van der Waals surface area (Å²) in [6.45, 7) is 0. The minimum absolute atomic E-state index is 0.619. The molecule has 22 heavy (non-hydrogen) atoms. The molecule has 0 saturated carbocycles. The summed E-state index contributed by atoms with van der Waals surface area (Å²) in [5.74, 6) is 0.685. The van der Waals surface area contributed by atoms with Crippen LogP contribution in [0.1, 0.15) is 12.0 Å². The van der Waals surface area contributed by atoms with Gasteiger partial charge in [0.1, 0.15) is 5.70 Å². The first-order chi connectivity index (χ1) is 10.7. The molecule has 0 atom stereocenters. The molecule has 4 heteroatoms. The Morgan fingerprint density at radius 2 is 1.95 bits per heavy atom. The molecule has 4 nitrogen and oxygen atoms in total. The fourth-order valence-electron chi connectivity index (χ4n) is 2.89. The quantitative estimate of drug-likeness (QED) is 0.870. The van der Waals surface area contributed by atoms with E-state index in [9.17, 15) is 4.79 Å². The van der Waals surface area contributed by atoms with Gasteiger partial charge < -0.3 is 10.6 Å². The number of hydrogen-bond acceptors (Lipinski definition) is 2. The summed E-state index contributed by atoms with van der Waals surface area (Å²) < 4.78 is 0. The fraction of sp³-hybridized carbons (Fsp3) is 0.0556. The van der Waals surface area contributed by atoms with E-state index in [4.69, 9.17) is 10.6 Å². The molecular weight excluding hydrogens is 276 g/mol. The maximum atomic E-state index is 11.7. The smallest absolute Gasteiger partial charge is 0.352 e. The lowest BCUT2D eigenvalue weighted by molar-refractivity contribution is -0.000556. The van der Waals surface area contributed by atoms with E-state index in [2.05, 4.69) is 12.1 Å². The first-order valence-electron chi connectivity index (χ1n) is 7.11. The highest BCUT2D eigenvalue weighted by molar-refractivity contribution is 5.91. The van der Waals surface area contributed by atoms with Crippen LogP contribution in [0.25, 0.3) is 16.5 Å². The Morgan fingerprint density at radius 1 is 1.14 bits per heavy atom. The Morgan fingerprint density at radius 3 is 2.77 bits per heavy atom. The summed E-state index contributed by atoms with van der Waals surface area (Å²) in [5.41, 5.74) is 8.11. The van der Waals surface area contributed by atoms with E-state index in [1.807, 2.05) is 48.6 Å². The second-order valence-electron chi connectivity index (χ2n) is 5.28. The Labute approximate surface area is 127 Å². The van der Waals surface area contributed by atoms with Crippen molar-refractivity contribution in [1.82, 2.24) is 5.06 Å². The predicted octanol–water partition coefficient (Wildman–Crippen LogP) is 3.72. The van der Waals surface area contributed by atoms with E-state index >= 15 is 0 Å². The van der Waals surface area contributed by atoms with Gasteiger partial charge in [-0.15, -0.1) is 5.06 Å². The highest BCUT2D eigenvalue weighted by Crippen LogP contribution is 2.39. The lowest BCUT2D eigenvalue weighted by Crippen LogP contribution is -2.31. The molecule has 0 bridgehead atoms. The van der Waals surface area contributed by atoms with Crippen LogP contribution in [0.4, 0.5) is 4.79 Å². The van der Waals surface area contributed by atoms with Crippen LogP contribution < -0.4 is 5.73 Å². The number of carbonyl (C=O) groups excluding carboxylic acids is 1. The maximum absolute atomic E-state index is 11.7. The molecule has 2 aromatic carbocycles. The first kappa shape index (κ1) is 12.7. The maximum Gasteiger partial charge on any atom is 0.352 e. The van der Waals surface area contributed by atoms with Crippen molar-refractivity contribution in [2.24, 2.45) is 5.73 Å². The molecule has 0 radical (unpaired) electrons. The number of fused-ring (bicyclic) bond motifs is 2. The van der Waals surface area contributed by atoms with Crippen LogP contribution in [-0.2, 0) is 4.84 Å². The van der Waals surface area contributed by atoms with Crippen molar-refractivity contribution in [3.05, 3.63) is 77.6 Å². The van der Waals surface area contributed by atoms with Crippen LogP contribution in [0.5, 0.6) is 0 Å². The van der Waals surface area contributed by atoms with Crippen molar-refractivity contribution in [2.75, 3.05) is 0 Å². The van der Waals surface area contributed by atoms with Crippen molar-refractivity contribution in [1.29, 1.82) is 0 Å². The number of rotatable bonds is 1. The van der Waals surface area contributed by atoms with Gasteiger partial charge in [-0.1, -0.05) is 48.6 Å². The number of primary amides is 1. The SMILES string of the molecule is NC(=O)N1OC2=CC=CCC2=C1c1ccc2ccccc2c1. The number of benzene rings is 2. The molecule has 4 rings (SSSR count). The van der Waals surface area contributed by atoms with Crippen molar-refractivity contribution in [3.63, 3.8) is 0 Å². The zero-order valence-corrected chi connectivity index (χ0v) is 11.8. The van der Waals surface area contributed by atoms with Crippen LogP contribution in [0.15, 0.2) is 72.0 Å². The van der Waals surface area contributed by atoms with Gasteiger partial charge in [0.25, 0.3) is 0 Å². The summed E-state index contributed by atoms with van der Waals surface area (Å²) in [6.07, 6.45) is 6.52. The van der Waals surface area contributed by atoms with Gasteiger partial charge in [-0.05, 0) is 29.3 Å². The van der Waals surface area contributed by atoms with Gasteiger partial charge in [0, 0.05) is 11.1 Å². The second-order valence-corrected chi connectivity index (χ2v) is 5.28. The average Bonchev–Trinajstić information content (AvgIpc) is 2.94. The molecule has 108 valence electrons. The van der Waals surface area contributed by atoms with Gasteiger partial charge >= 0.3 is 6.03 Å². The molecule has 0 saturated heterocycles. The van der Waals surface area contributed by atoms with E-state index in [0.29, 0.717) is 5.76 Å². The fourth-order valence-corrected chi connectivity index (χ4v) is 2.89. The van der Waals surface area contributed by atoms with Gasteiger partial charge in [-0.3, -0.25) is 0 Å². The van der Waals surface area contributed by atoms with Gasteiger partial charge in [0.2, 0.25) is 0 Å². The topological polar surface area (TPSA) is 55.6 Å². The van der Waals surface area contributed by atoms with Crippen LogP contribution in [0.3, 0.4) is 0 Å². The minimum atomic E-state index is -0.619. The molecule has 1 aliphatic heterocycles. The van der Waals surface area contributed by atoms with Crippen LogP contribution in [0.2, 0.25) is 0 Å². The van der Waals surface area contributed by atoms with Gasteiger partial charge in [0.15, 0.2) is 5.76 Å². The molecule has 2 N–H and O–H groups in total. The highest BCUT2D eigenvalue weighted by Gasteiger charge is 2.33. The van der Waals surface area contributed by atoms with Crippen molar-refractivity contribution < 1.29 is 9.63 Å². The zero-order valence-electron chi connectivity index (χ0n) is 11.8. The normalized spacial score (nSPS) is 16.5. The molecular formula is C18H14N2O2. The molecule has 2 aromatic rings. The third-order valence-electron chi connectivity index (χ3n) is 3.90. The number of nitrogens with zero attached hydrogens (tertiary/aromatic N) is 1. The van der Waals surface area contributed by atoms with Crippen LogP contribution >= 0.6 is 0 Å². The monoisotopic (exact) mass is 290 g/mol. The lowest BCUT2D eigenvalue weighted by atomic mass is 9.98. The Bertz CT molecular complexity index is 878. The molecule has 1 aliphatic carbocycles. The molecule has 0 unspecified atom stereocenters. The number of hydroxylamine groups is 2. The number of nitrogens with two attached hydrogens (primary N) is 1. The third kappa shape index (κ3) is 1.89. The van der Waals surface area contributed by atoms with E-state index in [0.717, 1.165) is 34.0 Å². The van der Waals surface area contributed by atoms with Gasteiger partial charge in [0.05, 0.1) is 0 Å². The largest absolute Gasteiger partial charge is 0.370 e. The van der Waals surface area contributed by atoms with E-state index < -0.39 is 6.03 Å². The van der Waals surface area contributed by atoms with Crippen LogP contribution in [0, 0.1) is 0 Å². The second kappa shape index (κ2) is 4.77. The molecule has 0 fully saturated rings. The van der Waals surface area contributed by atoms with E-state index in [1.54, 1.807) is 0 Å². The van der Waals surface area contributed by atoms with E-state index in [1.165, 1.54) is 5.06 Å². The number of allylic oxidation sites excluding steroid dienone is 4. The van der Waals surface area contributed by atoms with Crippen molar-refractivity contribution >= 4 is 22.5 Å². The lowest BCUT2D eigenvalue weighted by Gasteiger charge is -2.16. The first-order valence-corrected chi connectivity index (χ1v) is 7.11. The Kier molecular flexibility index (Phi) is 2.76. The summed E-state index contributed by atoms with van der Waals surface area (Å²) in [7, 11) is 0. The average molecular weight is 290 g/mol. The van der Waals surface area contributed by atoms with Crippen LogP contribution in [-0.4, -0.2) is 11.1 Å². The van der Waals surface area contributed by atoms with Crippen molar-refractivity contribution in [3.8, 4) is 0 Å². The van der Waals surface area contributed by atoms with E-state index in [-0.39, 0.29) is 0 Å². The summed E-state index contributed by atoms with van der Waals surface area (Å²) in [5, 5.41) is 3.44. The number of carbonyl (C=O) groups is 1. The molecule has 1 heterocycles. The molecule has 0 spiro atoms.